The fraction of sp³-hybridized carbons (Fsp3) is 0.571. The van der Waals surface area contributed by atoms with Crippen LogP contribution in [0.2, 0.25) is 5.15 Å². The number of halogens is 1. The van der Waals surface area contributed by atoms with Crippen LogP contribution in [-0.2, 0) is 4.79 Å². The summed E-state index contributed by atoms with van der Waals surface area (Å²) in [6, 6.07) is 0. The summed E-state index contributed by atoms with van der Waals surface area (Å²) >= 11 is 6.89. The molecule has 1 amide bonds. The van der Waals surface area contributed by atoms with Gasteiger partial charge in [0.25, 0.3) is 0 Å². The van der Waals surface area contributed by atoms with E-state index in [1.807, 2.05) is 4.90 Å². The first-order valence-corrected chi connectivity index (χ1v) is 5.26. The monoisotopic (exact) mass is 232 g/mol. The van der Waals surface area contributed by atoms with Gasteiger partial charge in [-0.1, -0.05) is 11.6 Å². The Morgan fingerprint density at radius 2 is 2.21 bits per heavy atom. The first kappa shape index (κ1) is 9.67. The van der Waals surface area contributed by atoms with Gasteiger partial charge in [-0.25, -0.2) is 0 Å². The summed E-state index contributed by atoms with van der Waals surface area (Å²) in [5.74, 6) is 0.707. The van der Waals surface area contributed by atoms with E-state index in [2.05, 4.69) is 8.75 Å². The molecule has 0 radical (unpaired) electrons. The normalized spacial score (nSPS) is 17.7. The molecule has 1 aromatic rings. The van der Waals surface area contributed by atoms with Crippen LogP contribution in [0, 0.1) is 0 Å². The minimum Gasteiger partial charge on any atom is -0.342 e. The quantitative estimate of drug-likeness (QED) is 0.706. The Labute approximate surface area is 90.6 Å². The molecule has 0 atom stereocenters. The highest BCUT2D eigenvalue weighted by atomic mass is 35.5. The lowest BCUT2D eigenvalue weighted by atomic mass is 10.3. The maximum atomic E-state index is 11.4. The lowest BCUT2D eigenvalue weighted by molar-refractivity contribution is -0.129. The minimum absolute atomic E-state index is 0.0836. The van der Waals surface area contributed by atoms with Crippen LogP contribution in [0.15, 0.2) is 0 Å². The number of likely N-dealkylation sites (N-methyl/N-ethyl adjacent to an activating group) is 1. The zero-order chi connectivity index (χ0) is 10.1. The molecule has 5 nitrogen and oxygen atoms in total. The minimum atomic E-state index is 0.0836. The van der Waals surface area contributed by atoms with Crippen LogP contribution in [0.1, 0.15) is 0 Å². The molecule has 76 valence electrons. The third-order valence-electron chi connectivity index (χ3n) is 2.19. The number of carbonyl (C=O) groups excluding carboxylic acids is 1. The number of piperazine rings is 1. The average molecular weight is 233 g/mol. The first-order chi connectivity index (χ1) is 6.68. The van der Waals surface area contributed by atoms with E-state index in [0.29, 0.717) is 24.1 Å². The van der Waals surface area contributed by atoms with Crippen molar-refractivity contribution in [2.24, 2.45) is 0 Å². The van der Waals surface area contributed by atoms with E-state index in [4.69, 9.17) is 11.6 Å². The number of aromatic nitrogens is 2. The summed E-state index contributed by atoms with van der Waals surface area (Å²) in [5.41, 5.74) is 0. The van der Waals surface area contributed by atoms with Crippen LogP contribution in [0.4, 0.5) is 5.82 Å². The Balaban J connectivity index is 2.14. The number of amides is 1. The summed E-state index contributed by atoms with van der Waals surface area (Å²) < 4.78 is 7.92. The Morgan fingerprint density at radius 3 is 2.79 bits per heavy atom. The summed E-state index contributed by atoms with van der Waals surface area (Å²) in [7, 11) is 1.79. The zero-order valence-electron chi connectivity index (χ0n) is 7.60. The number of hydrogen-bond donors (Lipinski definition) is 0. The molecule has 0 aliphatic carbocycles. The van der Waals surface area contributed by atoms with E-state index in [1.54, 1.807) is 11.9 Å². The van der Waals surface area contributed by atoms with Gasteiger partial charge >= 0.3 is 0 Å². The molecular weight excluding hydrogens is 224 g/mol. The molecule has 14 heavy (non-hydrogen) atoms. The van der Waals surface area contributed by atoms with Crippen molar-refractivity contribution in [3.63, 3.8) is 0 Å². The van der Waals surface area contributed by atoms with Crippen LogP contribution in [-0.4, -0.2) is 46.2 Å². The molecule has 1 aliphatic heterocycles. The predicted octanol–water partition coefficient (Wildman–Crippen LogP) is 0.470. The Bertz CT molecular complexity index is 355. The van der Waals surface area contributed by atoms with Gasteiger partial charge in [-0.3, -0.25) is 4.79 Å². The largest absolute Gasteiger partial charge is 0.342 e. The molecule has 2 rings (SSSR count). The van der Waals surface area contributed by atoms with Crippen LogP contribution < -0.4 is 4.90 Å². The predicted molar refractivity (Wildman–Crippen MR) is 54.8 cm³/mol. The van der Waals surface area contributed by atoms with Gasteiger partial charge in [-0.15, -0.1) is 0 Å². The van der Waals surface area contributed by atoms with E-state index in [9.17, 15) is 4.79 Å². The van der Waals surface area contributed by atoms with Crippen molar-refractivity contribution in [3.05, 3.63) is 5.15 Å². The van der Waals surface area contributed by atoms with Gasteiger partial charge in [0.1, 0.15) is 0 Å². The molecule has 0 saturated carbocycles. The van der Waals surface area contributed by atoms with Crippen molar-refractivity contribution < 1.29 is 4.79 Å². The second-order valence-electron chi connectivity index (χ2n) is 3.12. The van der Waals surface area contributed by atoms with Gasteiger partial charge in [0.2, 0.25) is 5.91 Å². The highest BCUT2D eigenvalue weighted by Gasteiger charge is 2.24. The molecule has 1 fully saturated rings. The number of carbonyl (C=O) groups is 1. The van der Waals surface area contributed by atoms with Crippen LogP contribution in [0.5, 0.6) is 0 Å². The lowest BCUT2D eigenvalue weighted by Gasteiger charge is -2.31. The standard InChI is InChI=1S/C7H9ClN4OS/c1-11-2-3-12(4-5(11)13)7-6(8)9-14-10-7/h2-4H2,1H3. The number of hydrogen-bond acceptors (Lipinski definition) is 5. The highest BCUT2D eigenvalue weighted by Crippen LogP contribution is 2.23. The number of anilines is 1. The zero-order valence-corrected chi connectivity index (χ0v) is 9.18. The fourth-order valence-electron chi connectivity index (χ4n) is 1.30. The van der Waals surface area contributed by atoms with Gasteiger partial charge in [0, 0.05) is 20.1 Å². The maximum absolute atomic E-state index is 11.4. The Kier molecular flexibility index (Phi) is 2.56. The van der Waals surface area contributed by atoms with Gasteiger partial charge in [-0.05, 0) is 0 Å². The third-order valence-corrected chi connectivity index (χ3v) is 3.06. The van der Waals surface area contributed by atoms with Crippen molar-refractivity contribution in [2.75, 3.05) is 31.6 Å². The smallest absolute Gasteiger partial charge is 0.241 e. The molecule has 0 bridgehead atoms. The second-order valence-corrected chi connectivity index (χ2v) is 4.00. The van der Waals surface area contributed by atoms with E-state index in [-0.39, 0.29) is 5.91 Å². The average Bonchev–Trinajstić information content (AvgIpc) is 2.57. The molecular formula is C7H9ClN4OS. The van der Waals surface area contributed by atoms with Crippen molar-refractivity contribution in [1.29, 1.82) is 0 Å². The second kappa shape index (κ2) is 3.70. The van der Waals surface area contributed by atoms with Crippen LogP contribution >= 0.6 is 23.3 Å². The molecule has 0 N–H and O–H groups in total. The molecule has 0 unspecified atom stereocenters. The summed E-state index contributed by atoms with van der Waals surface area (Å²) in [6.45, 7) is 1.79. The van der Waals surface area contributed by atoms with Gasteiger partial charge in [0.15, 0.2) is 11.0 Å². The molecule has 0 aromatic carbocycles. The molecule has 1 saturated heterocycles. The van der Waals surface area contributed by atoms with Crippen molar-refractivity contribution in [3.8, 4) is 0 Å². The topological polar surface area (TPSA) is 49.3 Å². The summed E-state index contributed by atoms with van der Waals surface area (Å²) in [4.78, 5) is 15.0. The van der Waals surface area contributed by atoms with E-state index < -0.39 is 0 Å². The van der Waals surface area contributed by atoms with Crippen LogP contribution in [0.3, 0.4) is 0 Å². The fourth-order valence-corrected chi connectivity index (χ4v) is 2.08. The summed E-state index contributed by atoms with van der Waals surface area (Å²) in [5, 5.41) is 0.382. The van der Waals surface area contributed by atoms with E-state index >= 15 is 0 Å². The lowest BCUT2D eigenvalue weighted by Crippen LogP contribution is -2.48. The third kappa shape index (κ3) is 1.67. The number of rotatable bonds is 1. The van der Waals surface area contributed by atoms with Gasteiger partial charge in [-0.2, -0.15) is 8.75 Å². The molecule has 7 heteroatoms. The van der Waals surface area contributed by atoms with Crippen molar-refractivity contribution in [1.82, 2.24) is 13.6 Å². The van der Waals surface area contributed by atoms with Crippen molar-refractivity contribution in [2.45, 2.75) is 0 Å². The first-order valence-electron chi connectivity index (χ1n) is 4.15. The van der Waals surface area contributed by atoms with Gasteiger partial charge < -0.3 is 9.80 Å². The SMILES string of the molecule is CN1CCN(c2nsnc2Cl)CC1=O. The van der Waals surface area contributed by atoms with Crippen molar-refractivity contribution >= 4 is 35.1 Å². The summed E-state index contributed by atoms with van der Waals surface area (Å²) in [6.07, 6.45) is 0. The van der Waals surface area contributed by atoms with Gasteiger partial charge in [0.05, 0.1) is 18.3 Å². The Hall–Kier alpha value is -0.880. The molecule has 2 heterocycles. The highest BCUT2D eigenvalue weighted by molar-refractivity contribution is 6.99. The van der Waals surface area contributed by atoms with E-state index in [1.165, 1.54) is 0 Å². The van der Waals surface area contributed by atoms with Crippen LogP contribution in [0.25, 0.3) is 0 Å². The molecule has 0 spiro atoms. The molecule has 1 aliphatic rings. The Morgan fingerprint density at radius 1 is 1.43 bits per heavy atom. The van der Waals surface area contributed by atoms with E-state index in [0.717, 1.165) is 18.3 Å². The number of nitrogens with zero attached hydrogens (tertiary/aromatic N) is 4. The maximum Gasteiger partial charge on any atom is 0.241 e. The molecule has 1 aromatic heterocycles.